The number of ether oxygens (including phenoxy) is 2. The lowest BCUT2D eigenvalue weighted by atomic mass is 10.3. The first kappa shape index (κ1) is 16.1. The molecule has 0 amide bonds. The molecular weight excluding hydrogens is 266 g/mol. The lowest BCUT2D eigenvalue weighted by molar-refractivity contribution is -0.385. The molecule has 0 saturated carbocycles. The molecule has 0 bridgehead atoms. The van der Waals surface area contributed by atoms with E-state index >= 15 is 0 Å². The van der Waals surface area contributed by atoms with Crippen molar-refractivity contribution in [2.75, 3.05) is 51.2 Å². The molecule has 0 fully saturated rings. The molecule has 2 N–H and O–H groups in total. The van der Waals surface area contributed by atoms with Crippen molar-refractivity contribution >= 4 is 17.5 Å². The highest BCUT2D eigenvalue weighted by Crippen LogP contribution is 2.26. The normalized spacial score (nSPS) is 10.3. The van der Waals surface area contributed by atoms with E-state index in [2.05, 4.69) is 20.6 Å². The molecule has 0 aliphatic rings. The van der Waals surface area contributed by atoms with Gasteiger partial charge in [-0.25, -0.2) is 4.98 Å². The molecule has 9 heteroatoms. The molecule has 1 rings (SSSR count). The molecule has 112 valence electrons. The summed E-state index contributed by atoms with van der Waals surface area (Å²) in [7, 11) is 3.24. The van der Waals surface area contributed by atoms with Crippen LogP contribution in [-0.2, 0) is 9.47 Å². The van der Waals surface area contributed by atoms with Crippen molar-refractivity contribution in [3.63, 3.8) is 0 Å². The Hall–Kier alpha value is -2.00. The second-order valence-corrected chi connectivity index (χ2v) is 3.87. The largest absolute Gasteiger partial charge is 0.382 e. The van der Waals surface area contributed by atoms with E-state index in [0.717, 1.165) is 0 Å². The Kier molecular flexibility index (Phi) is 6.60. The Bertz CT molecular complexity index is 455. The zero-order valence-corrected chi connectivity index (χ0v) is 11.8. The van der Waals surface area contributed by atoms with Gasteiger partial charge in [0, 0.05) is 20.7 Å². The van der Waals surface area contributed by atoms with Gasteiger partial charge in [0.25, 0.3) is 0 Å². The van der Waals surface area contributed by atoms with E-state index in [0.29, 0.717) is 38.0 Å². The summed E-state index contributed by atoms with van der Waals surface area (Å²) in [5, 5.41) is 16.7. The Morgan fingerprint density at radius 2 is 2.05 bits per heavy atom. The monoisotopic (exact) mass is 285 g/mol. The fourth-order valence-corrected chi connectivity index (χ4v) is 1.51. The quantitative estimate of drug-likeness (QED) is 0.389. The molecule has 1 aromatic heterocycles. The van der Waals surface area contributed by atoms with E-state index in [-0.39, 0.29) is 11.5 Å². The number of methoxy groups -OCH3 is 1. The van der Waals surface area contributed by atoms with Gasteiger partial charge in [-0.2, -0.15) is 4.98 Å². The van der Waals surface area contributed by atoms with Crippen LogP contribution in [0.2, 0.25) is 0 Å². The first-order chi connectivity index (χ1) is 9.60. The second-order valence-electron chi connectivity index (χ2n) is 3.87. The number of rotatable bonds is 9. The van der Waals surface area contributed by atoms with Crippen LogP contribution in [0, 0.1) is 17.0 Å². The van der Waals surface area contributed by atoms with Gasteiger partial charge in [-0.15, -0.1) is 0 Å². The summed E-state index contributed by atoms with van der Waals surface area (Å²) >= 11 is 0. The average molecular weight is 285 g/mol. The number of anilines is 2. The van der Waals surface area contributed by atoms with E-state index < -0.39 is 4.92 Å². The smallest absolute Gasteiger partial charge is 0.332 e. The molecule has 0 saturated heterocycles. The maximum absolute atomic E-state index is 11.0. The van der Waals surface area contributed by atoms with Gasteiger partial charge < -0.3 is 20.1 Å². The van der Waals surface area contributed by atoms with Crippen LogP contribution in [0.25, 0.3) is 0 Å². The predicted octanol–water partition coefficient (Wildman–Crippen LogP) is 0.810. The van der Waals surface area contributed by atoms with E-state index in [1.807, 2.05) is 0 Å². The number of aromatic nitrogens is 2. The summed E-state index contributed by atoms with van der Waals surface area (Å²) in [6.45, 7) is 3.37. The molecule has 20 heavy (non-hydrogen) atoms. The zero-order valence-electron chi connectivity index (χ0n) is 11.8. The highest BCUT2D eigenvalue weighted by atomic mass is 16.6. The molecule has 0 atom stereocenters. The molecule has 0 radical (unpaired) electrons. The summed E-state index contributed by atoms with van der Waals surface area (Å²) < 4.78 is 10.1. The number of nitrogens with zero attached hydrogens (tertiary/aromatic N) is 3. The van der Waals surface area contributed by atoms with Gasteiger partial charge in [0.15, 0.2) is 0 Å². The number of aryl methyl sites for hydroxylation is 1. The summed E-state index contributed by atoms with van der Waals surface area (Å²) in [5.74, 6) is 0.512. The summed E-state index contributed by atoms with van der Waals surface area (Å²) in [6.07, 6.45) is 0. The highest BCUT2D eigenvalue weighted by Gasteiger charge is 2.21. The molecule has 1 aromatic rings. The minimum atomic E-state index is -0.497. The van der Waals surface area contributed by atoms with Crippen LogP contribution in [-0.4, -0.2) is 55.4 Å². The second kappa shape index (κ2) is 8.23. The summed E-state index contributed by atoms with van der Waals surface area (Å²) in [6, 6.07) is 0. The maximum Gasteiger partial charge on any atom is 0.332 e. The fraction of sp³-hybridized carbons (Fsp3) is 0.636. The Morgan fingerprint density at radius 3 is 2.65 bits per heavy atom. The summed E-state index contributed by atoms with van der Waals surface area (Å²) in [4.78, 5) is 18.6. The molecular formula is C11H19N5O4. The minimum absolute atomic E-state index is 0.124. The van der Waals surface area contributed by atoms with E-state index in [1.54, 1.807) is 21.1 Å². The molecule has 1 heterocycles. The predicted molar refractivity (Wildman–Crippen MR) is 74.2 cm³/mol. The fourth-order valence-electron chi connectivity index (χ4n) is 1.51. The van der Waals surface area contributed by atoms with Crippen molar-refractivity contribution in [2.24, 2.45) is 0 Å². The topological polar surface area (TPSA) is 111 Å². The summed E-state index contributed by atoms with van der Waals surface area (Å²) in [5.41, 5.74) is 0.179. The van der Waals surface area contributed by atoms with E-state index in [4.69, 9.17) is 9.47 Å². The molecule has 0 aliphatic carbocycles. The third-order valence-electron chi connectivity index (χ3n) is 2.44. The number of hydrogen-bond donors (Lipinski definition) is 2. The van der Waals surface area contributed by atoms with Crippen LogP contribution in [0.3, 0.4) is 0 Å². The SMILES string of the molecule is CNc1nc(C)c([N+](=O)[O-])c(NCCOCCOC)n1. The Labute approximate surface area is 116 Å². The van der Waals surface area contributed by atoms with Crippen molar-refractivity contribution in [1.82, 2.24) is 9.97 Å². The third kappa shape index (κ3) is 4.59. The van der Waals surface area contributed by atoms with Crippen molar-refractivity contribution in [3.05, 3.63) is 15.8 Å². The van der Waals surface area contributed by atoms with Gasteiger partial charge in [-0.05, 0) is 6.92 Å². The van der Waals surface area contributed by atoms with Crippen LogP contribution in [0.15, 0.2) is 0 Å². The lowest BCUT2D eigenvalue weighted by Crippen LogP contribution is -2.15. The van der Waals surface area contributed by atoms with E-state index in [1.165, 1.54) is 0 Å². The van der Waals surface area contributed by atoms with Crippen molar-refractivity contribution < 1.29 is 14.4 Å². The Balaban J connectivity index is 2.67. The molecule has 0 spiro atoms. The van der Waals surface area contributed by atoms with Crippen LogP contribution in [0.4, 0.5) is 17.5 Å². The van der Waals surface area contributed by atoms with Crippen LogP contribution in [0.5, 0.6) is 0 Å². The van der Waals surface area contributed by atoms with E-state index in [9.17, 15) is 10.1 Å². The van der Waals surface area contributed by atoms with Crippen molar-refractivity contribution in [2.45, 2.75) is 6.92 Å². The van der Waals surface area contributed by atoms with Crippen molar-refractivity contribution in [3.8, 4) is 0 Å². The molecule has 0 aliphatic heterocycles. The highest BCUT2D eigenvalue weighted by molar-refractivity contribution is 5.60. The zero-order chi connectivity index (χ0) is 15.0. The van der Waals surface area contributed by atoms with Gasteiger partial charge in [-0.1, -0.05) is 0 Å². The van der Waals surface area contributed by atoms with Crippen molar-refractivity contribution in [1.29, 1.82) is 0 Å². The van der Waals surface area contributed by atoms with Gasteiger partial charge >= 0.3 is 5.69 Å². The van der Waals surface area contributed by atoms with Gasteiger partial charge in [0.2, 0.25) is 11.8 Å². The van der Waals surface area contributed by atoms with Crippen LogP contribution < -0.4 is 10.6 Å². The number of nitro groups is 1. The average Bonchev–Trinajstić information content (AvgIpc) is 2.41. The Morgan fingerprint density at radius 1 is 1.30 bits per heavy atom. The minimum Gasteiger partial charge on any atom is -0.382 e. The lowest BCUT2D eigenvalue weighted by Gasteiger charge is -2.09. The molecule has 0 aromatic carbocycles. The maximum atomic E-state index is 11.0. The van der Waals surface area contributed by atoms with Crippen LogP contribution in [0.1, 0.15) is 5.69 Å². The van der Waals surface area contributed by atoms with Gasteiger partial charge in [0.05, 0.1) is 24.7 Å². The first-order valence-corrected chi connectivity index (χ1v) is 6.11. The van der Waals surface area contributed by atoms with Gasteiger partial charge in [0.1, 0.15) is 5.69 Å². The first-order valence-electron chi connectivity index (χ1n) is 6.11. The van der Waals surface area contributed by atoms with Crippen LogP contribution >= 0.6 is 0 Å². The number of hydrogen-bond acceptors (Lipinski definition) is 8. The third-order valence-corrected chi connectivity index (χ3v) is 2.44. The molecule has 9 nitrogen and oxygen atoms in total. The molecule has 0 unspecified atom stereocenters. The number of nitrogens with one attached hydrogen (secondary N) is 2. The van der Waals surface area contributed by atoms with Gasteiger partial charge in [-0.3, -0.25) is 10.1 Å². The standard InChI is InChI=1S/C11H19N5O4/c1-8-9(16(17)18)10(15-11(12-2)14-8)13-4-5-20-7-6-19-3/h4-7H2,1-3H3,(H2,12,13,14,15).